The Labute approximate surface area is 735 Å². The van der Waals surface area contributed by atoms with Crippen LogP contribution in [0.4, 0.5) is 26.3 Å². The van der Waals surface area contributed by atoms with Gasteiger partial charge in [0.15, 0.2) is 64.2 Å². The second kappa shape index (κ2) is 51.4. The van der Waals surface area contributed by atoms with E-state index in [1.165, 1.54) is 52.0 Å². The molecule has 121 heavy (non-hydrogen) atoms. The number of cyclic esters (lactones) is 1. The molecule has 26 nitrogen and oxygen atoms in total. The zero-order valence-corrected chi connectivity index (χ0v) is 78.8. The van der Waals surface area contributed by atoms with Crippen molar-refractivity contribution in [3.8, 4) is 11.5 Å². The fraction of sp³-hybridized carbons (Fsp3) is 0.476. The van der Waals surface area contributed by atoms with Crippen LogP contribution in [0.2, 0.25) is 18.1 Å². The molecule has 0 aromatic heterocycles. The summed E-state index contributed by atoms with van der Waals surface area (Å²) in [5.74, 6) is -7.99. The number of hydrogen-bond donors (Lipinski definition) is 0. The van der Waals surface area contributed by atoms with Gasteiger partial charge in [0.25, 0.3) is 0 Å². The van der Waals surface area contributed by atoms with Gasteiger partial charge in [-0.2, -0.15) is 26.3 Å². The number of carbonyl (C=O) groups excluding carboxylic acids is 7. The van der Waals surface area contributed by atoms with Gasteiger partial charge in [-0.25, -0.2) is 44.4 Å². The Morgan fingerprint density at radius 1 is 0.397 bits per heavy atom. The summed E-state index contributed by atoms with van der Waals surface area (Å²) in [6.07, 6.45) is 4.90. The number of ether oxygens (including phenoxy) is 10. The summed E-state index contributed by atoms with van der Waals surface area (Å²) in [5.41, 5.74) is -0.793. The monoisotopic (exact) mass is 2120 g/mol. The second-order valence-electron chi connectivity index (χ2n) is 28.4. The van der Waals surface area contributed by atoms with Gasteiger partial charge in [-0.05, 0) is 177 Å². The smallest absolute Gasteiger partial charge is 0.428 e. The largest absolute Gasteiger partial charge is 0.743 e. The molecule has 2 aliphatic rings. The lowest BCUT2D eigenvalue weighted by Crippen LogP contribution is -3.61. The molecule has 2 aliphatic heterocycles. The maximum absolute atomic E-state index is 12.7. The maximum atomic E-state index is 12.7. The molecular formula is C82H103F6I3O26S3Si. The highest BCUT2D eigenvalue weighted by molar-refractivity contribution is 7.88. The number of hydrogen-bond acceptors (Lipinski definition) is 26. The van der Waals surface area contributed by atoms with E-state index < -0.39 is 152 Å². The zero-order valence-electron chi connectivity index (χ0n) is 68.9. The lowest BCUT2D eigenvalue weighted by molar-refractivity contribution is -0.597. The lowest BCUT2D eigenvalue weighted by atomic mass is 9.91. The Bertz CT molecular complexity index is 4340. The SMILES string of the molecule is CCC(C)(C)C(=O)OCCOC(=O)C(F)(F)S(=O)(=O)[O-].CCC(C)(C)C(=O)OCCOC(=O)C(F)(F)S(=O)(=O)[O-].CCC(C)(C)C(=O)OCCOC(=O)C(F)(F)S(=O)(=O)[O-].CC[Si](CC)(CC)Cc1ccc([I+]c2ccccc2)cc1.O=C1OCCC1Oc1ccc([I+]c2ccccc2)cc1.c1ccc([I+]c2ccc(OC3CCCCO3)cc2)cc1. The van der Waals surface area contributed by atoms with Crippen LogP contribution in [0.15, 0.2) is 164 Å². The molecule has 0 radical (unpaired) electrons. The molecule has 2 heterocycles. The lowest BCUT2D eigenvalue weighted by Gasteiger charge is -2.28. The van der Waals surface area contributed by atoms with E-state index in [2.05, 4.69) is 195 Å². The van der Waals surface area contributed by atoms with Crippen molar-refractivity contribution in [3.63, 3.8) is 0 Å². The zero-order chi connectivity index (χ0) is 91.1. The van der Waals surface area contributed by atoms with E-state index in [0.29, 0.717) is 32.3 Å². The molecule has 0 saturated carbocycles. The highest BCUT2D eigenvalue weighted by Gasteiger charge is 2.51. The molecule has 672 valence electrons. The van der Waals surface area contributed by atoms with Crippen molar-refractivity contribution in [3.05, 3.63) is 191 Å². The summed E-state index contributed by atoms with van der Waals surface area (Å²) < 4.78 is 223. The fourth-order valence-electron chi connectivity index (χ4n) is 9.27. The Kier molecular flexibility index (Phi) is 45.9. The topological polar surface area (TPSA) is 383 Å². The van der Waals surface area contributed by atoms with E-state index in [1.54, 1.807) is 67.9 Å². The van der Waals surface area contributed by atoms with Crippen molar-refractivity contribution < 1.29 is 210 Å². The third-order valence-corrected chi connectivity index (χ3v) is 34.5. The third kappa shape index (κ3) is 37.7. The number of carbonyl (C=O) groups is 7. The minimum absolute atomic E-state index is 0.0182. The number of benzene rings is 6. The average molecular weight is 2120 g/mol. The first kappa shape index (κ1) is 108. The van der Waals surface area contributed by atoms with Gasteiger partial charge in [0.2, 0.25) is 0 Å². The molecule has 0 bridgehead atoms. The maximum Gasteiger partial charge on any atom is 0.428 e. The average Bonchev–Trinajstić information content (AvgIpc) is 1.15. The fourth-order valence-corrected chi connectivity index (χ4v) is 20.1. The summed E-state index contributed by atoms with van der Waals surface area (Å²) in [6, 6.07) is 63.7. The van der Waals surface area contributed by atoms with Crippen molar-refractivity contribution in [1.82, 2.24) is 0 Å². The molecule has 39 heteroatoms. The van der Waals surface area contributed by atoms with Crippen LogP contribution in [0.3, 0.4) is 0 Å². The second-order valence-corrected chi connectivity index (χ2v) is 47.2. The van der Waals surface area contributed by atoms with Gasteiger partial charge >= 0.3 is 121 Å². The number of halogens is 9. The van der Waals surface area contributed by atoms with Gasteiger partial charge in [-0.15, -0.1) is 0 Å². The van der Waals surface area contributed by atoms with Crippen LogP contribution >= 0.6 is 0 Å². The predicted octanol–water partition coefficient (Wildman–Crippen LogP) is 4.58. The Morgan fingerprint density at radius 2 is 0.678 bits per heavy atom. The predicted molar refractivity (Wildman–Crippen MR) is 418 cm³/mol. The number of esters is 7. The van der Waals surface area contributed by atoms with E-state index in [0.717, 1.165) is 30.9 Å². The standard InChI is InChI=1S/C19H26ISi.C17H18IO2.C16H14IO3.3C10H16F2O7S/c1-4-21(5-2,6-3)16-17-12-14-19(15-13-17)20-18-10-8-7-9-11-18;1-2-6-14(7-3-1)18-15-9-11-16(12-10-15)20-17-8-4-5-13-19-17;18-16-15(10-11-19-16)20-14-8-6-13(7-9-14)17-12-4-2-1-3-5-12;3*1-4-9(2,3)7(13)18-5-6-19-8(14)10(11,12)20(15,16)17/h7-15H,4-6,16H2,1-3H3;1-3,6-7,9-12,17H,4-5,8,13H2;1-9,15H,10-11H2;3*4-6H2,1-3H3,(H,15,16,17)/q3*+1;;;/p-3. The Balaban J connectivity index is 0.000000375. The molecule has 0 N–H and O–H groups in total. The normalized spacial score (nSPS) is 14.4. The molecule has 2 unspecified atom stereocenters. The van der Waals surface area contributed by atoms with Crippen LogP contribution in [-0.4, -0.2) is 170 Å². The van der Waals surface area contributed by atoms with Crippen LogP contribution < -0.4 is 73.1 Å². The van der Waals surface area contributed by atoms with Crippen molar-refractivity contribution >= 4 is 80.2 Å². The highest BCUT2D eigenvalue weighted by Crippen LogP contribution is 2.29. The first-order valence-corrected chi connectivity index (χ1v) is 51.6. The first-order valence-electron chi connectivity index (χ1n) is 38.0. The molecule has 0 spiro atoms. The summed E-state index contributed by atoms with van der Waals surface area (Å²) >= 11 is -0.266. The molecule has 8 rings (SSSR count). The van der Waals surface area contributed by atoms with Crippen molar-refractivity contribution in [2.45, 2.75) is 180 Å². The van der Waals surface area contributed by atoms with Gasteiger partial charge in [0, 0.05) is 12.8 Å². The molecule has 6 aromatic rings. The van der Waals surface area contributed by atoms with Crippen LogP contribution in [0.1, 0.15) is 134 Å². The molecule has 2 fully saturated rings. The van der Waals surface area contributed by atoms with Crippen LogP contribution in [-0.2, 0) is 108 Å². The minimum Gasteiger partial charge on any atom is -0.743 e. The minimum atomic E-state index is -6.15. The van der Waals surface area contributed by atoms with Gasteiger partial charge in [-0.3, -0.25) is 14.4 Å². The van der Waals surface area contributed by atoms with Gasteiger partial charge in [0.1, 0.15) is 51.1 Å². The van der Waals surface area contributed by atoms with Gasteiger partial charge < -0.3 is 61.0 Å². The summed E-state index contributed by atoms with van der Waals surface area (Å²) in [7, 11) is -19.5. The Morgan fingerprint density at radius 3 is 0.934 bits per heavy atom. The first-order chi connectivity index (χ1) is 56.5. The van der Waals surface area contributed by atoms with Crippen LogP contribution in [0.25, 0.3) is 0 Å². The highest BCUT2D eigenvalue weighted by atomic mass is 127. The number of rotatable bonds is 36. The molecule has 2 saturated heterocycles. The van der Waals surface area contributed by atoms with Crippen molar-refractivity contribution in [2.24, 2.45) is 16.2 Å². The van der Waals surface area contributed by atoms with Crippen LogP contribution in [0, 0.1) is 37.7 Å². The van der Waals surface area contributed by atoms with Crippen LogP contribution in [0.5, 0.6) is 11.5 Å². The van der Waals surface area contributed by atoms with Crippen molar-refractivity contribution in [2.75, 3.05) is 52.9 Å². The van der Waals surface area contributed by atoms with Gasteiger partial charge in [-0.1, -0.05) is 132 Å². The summed E-state index contributed by atoms with van der Waals surface area (Å²) in [5, 5.41) is -15.5. The van der Waals surface area contributed by atoms with Crippen molar-refractivity contribution in [1.29, 1.82) is 0 Å². The Hall–Kier alpha value is -7.11. The van der Waals surface area contributed by atoms with E-state index in [1.807, 2.05) is 18.2 Å². The molecule has 6 aromatic carbocycles. The van der Waals surface area contributed by atoms with E-state index in [-0.39, 0.29) is 75.9 Å². The summed E-state index contributed by atoms with van der Waals surface area (Å²) in [6.45, 7) is 19.3. The summed E-state index contributed by atoms with van der Waals surface area (Å²) in [4.78, 5) is 77.8. The molecule has 0 aliphatic carbocycles. The third-order valence-electron chi connectivity index (χ3n) is 18.4. The number of alkyl halides is 6. The van der Waals surface area contributed by atoms with E-state index in [4.69, 9.17) is 18.9 Å². The van der Waals surface area contributed by atoms with E-state index >= 15 is 0 Å². The van der Waals surface area contributed by atoms with E-state index in [9.17, 15) is 98.8 Å². The molecule has 2 atom stereocenters. The molecule has 0 amide bonds. The molecular weight excluding hydrogens is 2020 g/mol. The quantitative estimate of drug-likeness (QED) is 0.00988. The van der Waals surface area contributed by atoms with Gasteiger partial charge in [0.05, 0.1) is 37.5 Å².